The zero-order valence-electron chi connectivity index (χ0n) is 22.3. The van der Waals surface area contributed by atoms with Gasteiger partial charge in [-0.2, -0.15) is 4.40 Å². The molecule has 3 aromatic rings. The van der Waals surface area contributed by atoms with Gasteiger partial charge in [0, 0.05) is 30.5 Å². The van der Waals surface area contributed by atoms with Crippen molar-refractivity contribution in [3.63, 3.8) is 0 Å². The third-order valence-electron chi connectivity index (χ3n) is 7.03. The Bertz CT molecular complexity index is 1600. The molecule has 4 atom stereocenters. The molecule has 2 N–H and O–H groups in total. The van der Waals surface area contributed by atoms with Gasteiger partial charge in [0.25, 0.3) is 5.69 Å². The first-order valence-electron chi connectivity index (χ1n) is 12.3. The van der Waals surface area contributed by atoms with E-state index in [0.29, 0.717) is 16.8 Å². The number of amides is 1. The summed E-state index contributed by atoms with van der Waals surface area (Å²) >= 11 is 1.35. The molecule has 0 unspecified atom stereocenters. The number of hydrogen-bond donors (Lipinski definition) is 2. The van der Waals surface area contributed by atoms with Gasteiger partial charge in [0.2, 0.25) is 34.7 Å². The number of ether oxygens (including phenoxy) is 1. The van der Waals surface area contributed by atoms with Crippen LogP contribution in [-0.2, 0) is 28.0 Å². The minimum absolute atomic E-state index is 0.0738. The number of non-ortho nitro benzene ring substituents is 1. The molecule has 0 spiro atoms. The number of benzene rings is 1. The van der Waals surface area contributed by atoms with Crippen LogP contribution in [0.15, 0.2) is 42.5 Å². The van der Waals surface area contributed by atoms with Gasteiger partial charge in [0.1, 0.15) is 18.5 Å². The maximum absolute atomic E-state index is 13.4. The van der Waals surface area contributed by atoms with Crippen molar-refractivity contribution in [3.05, 3.63) is 68.7 Å². The van der Waals surface area contributed by atoms with Crippen molar-refractivity contribution >= 4 is 51.2 Å². The van der Waals surface area contributed by atoms with Crippen LogP contribution in [0.3, 0.4) is 0 Å². The smallest absolute Gasteiger partial charge is 0.355 e. The third-order valence-corrected chi connectivity index (χ3v) is 8.17. The number of thiazole rings is 1. The molecule has 2 aromatic heterocycles. The van der Waals surface area contributed by atoms with Crippen LogP contribution in [0.4, 0.5) is 10.5 Å². The number of esters is 1. The van der Waals surface area contributed by atoms with E-state index >= 15 is 0 Å². The van der Waals surface area contributed by atoms with Crippen molar-refractivity contribution in [1.82, 2.24) is 9.47 Å². The molecule has 14 nitrogen and oxygen atoms in total. The van der Waals surface area contributed by atoms with Gasteiger partial charge in [-0.25, -0.2) is 9.36 Å². The van der Waals surface area contributed by atoms with Gasteiger partial charge in [-0.1, -0.05) is 18.3 Å². The van der Waals surface area contributed by atoms with Crippen molar-refractivity contribution in [2.45, 2.75) is 39.5 Å². The lowest BCUT2D eigenvalue weighted by Crippen LogP contribution is -2.63. The molecule has 1 fully saturated rings. The summed E-state index contributed by atoms with van der Waals surface area (Å²) in [7, 11) is 1.78. The molecule has 1 saturated heterocycles. The number of carbonyl (C=O) groups is 4. The molecule has 2 aliphatic heterocycles. The first-order valence-corrected chi connectivity index (χ1v) is 13.1. The average molecular weight is 587 g/mol. The topological polar surface area (TPSA) is 196 Å². The van der Waals surface area contributed by atoms with Crippen molar-refractivity contribution in [3.8, 4) is 0 Å². The first-order chi connectivity index (χ1) is 19.2. The number of nitro groups is 1. The fourth-order valence-electron chi connectivity index (χ4n) is 5.36. The van der Waals surface area contributed by atoms with Crippen molar-refractivity contribution < 1.29 is 48.6 Å². The highest BCUT2D eigenvalue weighted by atomic mass is 32.1. The number of ketones is 1. The predicted octanol–water partition coefficient (Wildman–Crippen LogP) is 1.14. The van der Waals surface area contributed by atoms with E-state index in [1.807, 2.05) is 17.5 Å². The number of hydrogen-bond acceptors (Lipinski definition) is 10. The number of aryl methyl sites for hydroxylation is 1. The van der Waals surface area contributed by atoms with E-state index in [2.05, 4.69) is 0 Å². The van der Waals surface area contributed by atoms with Crippen LogP contribution in [-0.4, -0.2) is 60.6 Å². The van der Waals surface area contributed by atoms with E-state index in [1.54, 1.807) is 24.9 Å². The maximum atomic E-state index is 13.4. The molecule has 1 aromatic carbocycles. The van der Waals surface area contributed by atoms with Crippen LogP contribution in [0.1, 0.15) is 41.7 Å². The average Bonchev–Trinajstić information content (AvgIpc) is 3.48. The molecule has 0 bridgehead atoms. The number of aromatic nitrogens is 2. The van der Waals surface area contributed by atoms with Crippen LogP contribution in [0, 0.1) is 22.0 Å². The van der Waals surface area contributed by atoms with Crippen LogP contribution in [0.2, 0.25) is 0 Å². The summed E-state index contributed by atoms with van der Waals surface area (Å²) in [4.78, 5) is 60.3. The molecule has 216 valence electrons. The number of nitrogens with zero attached hydrogens (tertiary/aromatic N) is 4. The summed E-state index contributed by atoms with van der Waals surface area (Å²) in [6, 6.07) is 5.27. The lowest BCUT2D eigenvalue weighted by atomic mass is 9.77. The molecule has 0 saturated carbocycles. The molecular formula is C26H26N4O10S. The number of fused-ring (bicyclic) bond motifs is 2. The molecule has 5 rings (SSSR count). The number of rotatable bonds is 7. The van der Waals surface area contributed by atoms with Crippen molar-refractivity contribution in [1.29, 1.82) is 0 Å². The molecule has 1 amide bonds. The largest absolute Gasteiger partial charge is 0.565 e. The SMILES string of the molecule is CC(=O)c1c2sc(C3=C(C(=O)OCc4ccc([N+](=O)[O-])cc4)N4C(=O)[C@H]([C@@H](C)O)[C@H]4[C@H]3C)c[n+]2cn1C.O=C([O-])O. The van der Waals surface area contributed by atoms with Gasteiger partial charge in [0.15, 0.2) is 0 Å². The minimum atomic E-state index is -2.08. The second-order valence-corrected chi connectivity index (χ2v) is 10.8. The summed E-state index contributed by atoms with van der Waals surface area (Å²) in [6.45, 7) is 4.83. The van der Waals surface area contributed by atoms with E-state index in [9.17, 15) is 29.6 Å². The Morgan fingerprint density at radius 3 is 2.39 bits per heavy atom. The second kappa shape index (κ2) is 11.1. The maximum Gasteiger partial charge on any atom is 0.355 e. The molecule has 0 aliphatic carbocycles. The summed E-state index contributed by atoms with van der Waals surface area (Å²) in [5.74, 6) is -2.04. The highest BCUT2D eigenvalue weighted by Gasteiger charge is 2.60. The Morgan fingerprint density at radius 2 is 1.85 bits per heavy atom. The van der Waals surface area contributed by atoms with Crippen molar-refractivity contribution in [2.24, 2.45) is 18.9 Å². The Morgan fingerprint density at radius 1 is 1.24 bits per heavy atom. The Labute approximate surface area is 236 Å². The van der Waals surface area contributed by atoms with E-state index in [0.717, 1.165) is 9.71 Å². The van der Waals surface area contributed by atoms with Crippen molar-refractivity contribution in [2.75, 3.05) is 0 Å². The Hall–Kier alpha value is -4.63. The number of imidazole rings is 1. The van der Waals surface area contributed by atoms with Crippen LogP contribution >= 0.6 is 11.3 Å². The molecule has 0 radical (unpaired) electrons. The predicted molar refractivity (Wildman–Crippen MR) is 139 cm³/mol. The standard InChI is InChI=1S/C25H25N4O7S.CH2O3/c1-12-18(17-9-27-11-26(4)21(14(3)31)24(27)37-17)22(28-20(12)19(13(2)30)23(28)32)25(33)36-10-15-5-7-16(8-6-15)29(34)35;2-1(3)4/h5-9,11-13,19-20,30H,10H2,1-4H3;(H2,2,3,4)/q+1;/p-1/t12-,13+,19+,20+;/m0./s1. The molecular weight excluding hydrogens is 560 g/mol. The minimum Gasteiger partial charge on any atom is -0.565 e. The first kappa shape index (κ1) is 29.4. The number of carbonyl (C=O) groups excluding carboxylic acids is 3. The fourth-order valence-corrected chi connectivity index (χ4v) is 6.71. The monoisotopic (exact) mass is 586 g/mol. The number of aliphatic hydroxyl groups excluding tert-OH is 1. The highest BCUT2D eigenvalue weighted by Crippen LogP contribution is 2.51. The second-order valence-electron chi connectivity index (χ2n) is 9.72. The van der Waals surface area contributed by atoms with Gasteiger partial charge in [-0.15, -0.1) is 0 Å². The van der Waals surface area contributed by atoms with Gasteiger partial charge in [-0.3, -0.25) is 19.7 Å². The van der Waals surface area contributed by atoms with Gasteiger partial charge >= 0.3 is 5.97 Å². The number of carboxylic acid groups (broad SMARTS) is 2. The van der Waals surface area contributed by atoms with Crippen LogP contribution in [0.5, 0.6) is 0 Å². The summed E-state index contributed by atoms with van der Waals surface area (Å²) < 4.78 is 9.12. The normalized spacial score (nSPS) is 20.2. The number of aliphatic hydroxyl groups is 1. The van der Waals surface area contributed by atoms with Crippen LogP contribution < -0.4 is 9.51 Å². The molecule has 4 heterocycles. The zero-order chi connectivity index (χ0) is 30.3. The summed E-state index contributed by atoms with van der Waals surface area (Å²) in [6.07, 6.45) is 0.642. The van der Waals surface area contributed by atoms with E-state index < -0.39 is 35.1 Å². The van der Waals surface area contributed by atoms with Gasteiger partial charge in [-0.05, 0) is 24.6 Å². The van der Waals surface area contributed by atoms with E-state index in [4.69, 9.17) is 19.7 Å². The molecule has 15 heteroatoms. The third kappa shape index (κ3) is 5.28. The molecule has 2 aliphatic rings. The Kier molecular flexibility index (Phi) is 7.94. The number of β-lactam (4-membered cyclic amide) rings is 1. The highest BCUT2D eigenvalue weighted by molar-refractivity contribution is 7.18. The van der Waals surface area contributed by atoms with E-state index in [-0.39, 0.29) is 35.6 Å². The zero-order valence-corrected chi connectivity index (χ0v) is 23.2. The lowest BCUT2D eigenvalue weighted by Gasteiger charge is -2.46. The van der Waals surface area contributed by atoms with Gasteiger partial charge < -0.3 is 29.8 Å². The number of nitro benzene ring substituents is 1. The Balaban J connectivity index is 0.000000909. The summed E-state index contributed by atoms with van der Waals surface area (Å²) in [5, 5.41) is 36.4. The quantitative estimate of drug-likeness (QED) is 0.101. The number of Topliss-reactive ketones (excluding diaryl/α,β-unsaturated/α-hetero) is 1. The summed E-state index contributed by atoms with van der Waals surface area (Å²) in [5.41, 5.74) is 1.77. The van der Waals surface area contributed by atoms with E-state index in [1.165, 1.54) is 47.4 Å². The van der Waals surface area contributed by atoms with Gasteiger partial charge in [0.05, 0.1) is 34.9 Å². The van der Waals surface area contributed by atoms with Crippen LogP contribution in [0.25, 0.3) is 10.4 Å². The molecule has 41 heavy (non-hydrogen) atoms. The fraction of sp³-hybridized carbons (Fsp3) is 0.346. The lowest BCUT2D eigenvalue weighted by molar-refractivity contribution is -0.508.